The van der Waals surface area contributed by atoms with Gasteiger partial charge in [0.05, 0.1) is 17.2 Å². The number of hydrogen-bond donors (Lipinski definition) is 0. The van der Waals surface area contributed by atoms with Gasteiger partial charge in [-0.05, 0) is 25.1 Å². The quantitative estimate of drug-likeness (QED) is 0.596. The Morgan fingerprint density at radius 1 is 1.23 bits per heavy atom. The number of alkyl halides is 3. The van der Waals surface area contributed by atoms with Crippen LogP contribution in [0.5, 0.6) is 0 Å². The van der Waals surface area contributed by atoms with E-state index in [-0.39, 0.29) is 19.0 Å². The fourth-order valence-corrected chi connectivity index (χ4v) is 4.64. The Hall–Kier alpha value is -1.69. The van der Waals surface area contributed by atoms with Gasteiger partial charge in [0.1, 0.15) is 10.9 Å². The van der Waals surface area contributed by atoms with Crippen molar-refractivity contribution in [1.82, 2.24) is 14.5 Å². The van der Waals surface area contributed by atoms with Crippen LogP contribution in [-0.4, -0.2) is 43.2 Å². The summed E-state index contributed by atoms with van der Waals surface area (Å²) in [6.07, 6.45) is -4.65. The Bertz CT molecular complexity index is 987. The maximum Gasteiger partial charge on any atom is 0.416 e. The highest BCUT2D eigenvalue weighted by atomic mass is 35.5. The van der Waals surface area contributed by atoms with Crippen molar-refractivity contribution >= 4 is 21.6 Å². The number of nitrogens with zero attached hydrogens (tertiary/aromatic N) is 3. The number of methoxy groups -OCH3 is 1. The number of hydrogen-bond acceptors (Lipinski definition) is 6. The highest BCUT2D eigenvalue weighted by Gasteiger charge is 2.37. The van der Waals surface area contributed by atoms with Crippen LogP contribution in [0.2, 0.25) is 5.02 Å². The number of aromatic nitrogens is 2. The van der Waals surface area contributed by atoms with Gasteiger partial charge in [0.25, 0.3) is 0 Å². The number of halogens is 4. The van der Waals surface area contributed by atoms with Gasteiger partial charge in [-0.3, -0.25) is 0 Å². The molecule has 1 heterocycles. The summed E-state index contributed by atoms with van der Waals surface area (Å²) >= 11 is 5.92. The van der Waals surface area contributed by atoms with Gasteiger partial charge in [-0.2, -0.15) is 17.5 Å². The Balaban J connectivity index is 2.48. The van der Waals surface area contributed by atoms with Crippen LogP contribution in [0.1, 0.15) is 51.1 Å². The molecule has 0 saturated carbocycles. The van der Waals surface area contributed by atoms with E-state index >= 15 is 0 Å². The molecule has 0 bridgehead atoms. The molecule has 1 aromatic heterocycles. The highest BCUT2D eigenvalue weighted by molar-refractivity contribution is 7.89. The van der Waals surface area contributed by atoms with Gasteiger partial charge < -0.3 is 9.15 Å². The molecule has 1 atom stereocenters. The van der Waals surface area contributed by atoms with Crippen LogP contribution in [0.3, 0.4) is 0 Å². The van der Waals surface area contributed by atoms with Crippen molar-refractivity contribution in [3.05, 3.63) is 40.6 Å². The first-order chi connectivity index (χ1) is 13.7. The monoisotopic (exact) mass is 469 g/mol. The number of benzene rings is 1. The summed E-state index contributed by atoms with van der Waals surface area (Å²) in [5.74, 6) is 0.364. The van der Waals surface area contributed by atoms with Gasteiger partial charge in [0, 0.05) is 19.1 Å². The molecule has 7 nitrogen and oxygen atoms in total. The SMILES string of the molecule is COCCN(C(C)c1nnc(C(C)(C)C)o1)S(=O)(=O)c1ccc(C(F)(F)F)cc1Cl. The van der Waals surface area contributed by atoms with Crippen molar-refractivity contribution in [3.8, 4) is 0 Å². The molecule has 0 aliphatic heterocycles. The second kappa shape index (κ2) is 8.81. The van der Waals surface area contributed by atoms with Crippen LogP contribution in [0, 0.1) is 0 Å². The molecule has 168 valence electrons. The first-order valence-electron chi connectivity index (χ1n) is 8.91. The third kappa shape index (κ3) is 5.32. The predicted octanol–water partition coefficient (Wildman–Crippen LogP) is 4.44. The van der Waals surface area contributed by atoms with Gasteiger partial charge in [0.15, 0.2) is 0 Å². The third-order valence-electron chi connectivity index (χ3n) is 4.23. The summed E-state index contributed by atoms with van der Waals surface area (Å²) in [6.45, 7) is 7.03. The van der Waals surface area contributed by atoms with E-state index < -0.39 is 43.1 Å². The molecule has 0 spiro atoms. The minimum absolute atomic E-state index is 0.0299. The lowest BCUT2D eigenvalue weighted by Crippen LogP contribution is -2.36. The smallest absolute Gasteiger partial charge is 0.416 e. The van der Waals surface area contributed by atoms with Crippen LogP contribution >= 0.6 is 11.6 Å². The van der Waals surface area contributed by atoms with E-state index in [0.717, 1.165) is 10.4 Å². The topological polar surface area (TPSA) is 85.5 Å². The van der Waals surface area contributed by atoms with Crippen LogP contribution in [0.15, 0.2) is 27.5 Å². The zero-order chi connectivity index (χ0) is 22.9. The molecule has 12 heteroatoms. The molecule has 0 fully saturated rings. The maximum absolute atomic E-state index is 13.3. The van der Waals surface area contributed by atoms with Gasteiger partial charge in [0.2, 0.25) is 21.8 Å². The van der Waals surface area contributed by atoms with E-state index in [1.165, 1.54) is 14.0 Å². The van der Waals surface area contributed by atoms with Crippen molar-refractivity contribution in [3.63, 3.8) is 0 Å². The van der Waals surface area contributed by atoms with Gasteiger partial charge in [-0.25, -0.2) is 8.42 Å². The lowest BCUT2D eigenvalue weighted by Gasteiger charge is -2.26. The molecule has 0 radical (unpaired) electrons. The van der Waals surface area contributed by atoms with Crippen molar-refractivity contribution in [1.29, 1.82) is 0 Å². The summed E-state index contributed by atoms with van der Waals surface area (Å²) in [7, 11) is -2.92. The Morgan fingerprint density at radius 3 is 2.33 bits per heavy atom. The van der Waals surface area contributed by atoms with Crippen LogP contribution < -0.4 is 0 Å². The van der Waals surface area contributed by atoms with Crippen molar-refractivity contribution in [2.75, 3.05) is 20.3 Å². The minimum Gasteiger partial charge on any atom is -0.423 e. The van der Waals surface area contributed by atoms with E-state index in [4.69, 9.17) is 20.8 Å². The zero-order valence-electron chi connectivity index (χ0n) is 17.1. The van der Waals surface area contributed by atoms with E-state index in [1.807, 2.05) is 20.8 Å². The molecule has 0 aliphatic carbocycles. The van der Waals surface area contributed by atoms with E-state index in [0.29, 0.717) is 18.0 Å². The summed E-state index contributed by atoms with van der Waals surface area (Å²) in [5.41, 5.74) is -1.49. The molecule has 0 N–H and O–H groups in total. The third-order valence-corrected chi connectivity index (χ3v) is 6.69. The molecule has 0 amide bonds. The van der Waals surface area contributed by atoms with Gasteiger partial charge in [-0.15, -0.1) is 10.2 Å². The molecular weight excluding hydrogens is 447 g/mol. The Morgan fingerprint density at radius 2 is 1.87 bits per heavy atom. The first kappa shape index (κ1) is 24.6. The lowest BCUT2D eigenvalue weighted by molar-refractivity contribution is -0.137. The molecule has 0 aliphatic rings. The molecule has 1 unspecified atom stereocenters. The standard InChI is InChI=1S/C18H23ClF3N3O4S/c1-11(15-23-24-16(29-15)17(2,3)4)25(8-9-28-5)30(26,27)14-7-6-12(10-13(14)19)18(20,21)22/h6-7,10-11H,8-9H2,1-5H3. The van der Waals surface area contributed by atoms with E-state index in [2.05, 4.69) is 10.2 Å². The Labute approximate surface area is 178 Å². The summed E-state index contributed by atoms with van der Waals surface area (Å²) in [4.78, 5) is -0.462. The first-order valence-corrected chi connectivity index (χ1v) is 10.7. The Kier molecular flexibility index (Phi) is 7.22. The van der Waals surface area contributed by atoms with Crippen LogP contribution in [0.25, 0.3) is 0 Å². The van der Waals surface area contributed by atoms with Gasteiger partial charge >= 0.3 is 6.18 Å². The fourth-order valence-electron chi connectivity index (χ4n) is 2.55. The molecule has 0 saturated heterocycles. The number of ether oxygens (including phenoxy) is 1. The number of sulfonamides is 1. The fraction of sp³-hybridized carbons (Fsp3) is 0.556. The molecule has 2 rings (SSSR count). The maximum atomic E-state index is 13.3. The molecule has 30 heavy (non-hydrogen) atoms. The minimum atomic E-state index is -4.65. The summed E-state index contributed by atoms with van der Waals surface area (Å²) in [5, 5.41) is 7.36. The van der Waals surface area contributed by atoms with Crippen molar-refractivity contribution in [2.45, 2.75) is 50.2 Å². The predicted molar refractivity (Wildman–Crippen MR) is 104 cm³/mol. The number of rotatable bonds is 7. The molecule has 2 aromatic rings. The van der Waals surface area contributed by atoms with Crippen LogP contribution in [-0.2, 0) is 26.4 Å². The second-order valence-electron chi connectivity index (χ2n) is 7.62. The molecular formula is C18H23ClF3N3O4S. The van der Waals surface area contributed by atoms with E-state index in [1.54, 1.807) is 0 Å². The van der Waals surface area contributed by atoms with Crippen molar-refractivity contribution in [2.24, 2.45) is 0 Å². The van der Waals surface area contributed by atoms with Crippen LogP contribution in [0.4, 0.5) is 13.2 Å². The average Bonchev–Trinajstić information content (AvgIpc) is 3.11. The highest BCUT2D eigenvalue weighted by Crippen LogP contribution is 2.36. The summed E-state index contributed by atoms with van der Waals surface area (Å²) in [6, 6.07) is 1.17. The van der Waals surface area contributed by atoms with Crippen molar-refractivity contribution < 1.29 is 30.7 Å². The zero-order valence-corrected chi connectivity index (χ0v) is 18.7. The second-order valence-corrected chi connectivity index (χ2v) is 9.89. The molecule has 1 aromatic carbocycles. The summed E-state index contributed by atoms with van der Waals surface area (Å²) < 4.78 is 76.9. The largest absolute Gasteiger partial charge is 0.423 e. The van der Waals surface area contributed by atoms with Gasteiger partial charge in [-0.1, -0.05) is 32.4 Å². The lowest BCUT2D eigenvalue weighted by atomic mass is 9.97. The van der Waals surface area contributed by atoms with E-state index in [9.17, 15) is 21.6 Å². The average molecular weight is 470 g/mol. The normalized spacial score (nSPS) is 14.3.